The minimum atomic E-state index is 0.561. The van der Waals surface area contributed by atoms with Crippen LogP contribution in [-0.2, 0) is 6.42 Å². The third-order valence-electron chi connectivity index (χ3n) is 2.55. The first-order valence-corrected chi connectivity index (χ1v) is 6.92. The average molecular weight is 265 g/mol. The second-order valence-corrected chi connectivity index (χ2v) is 4.86. The standard InChI is InChI=1S/C13H13ClN2S/c1-9-11(8-10-6-4-3-5-7-10)12(14)16-13(15-9)17-2/h3-7H,8H2,1-2H3. The van der Waals surface area contributed by atoms with Crippen LogP contribution in [0.4, 0.5) is 0 Å². The van der Waals surface area contributed by atoms with Crippen molar-refractivity contribution in [1.29, 1.82) is 0 Å². The monoisotopic (exact) mass is 264 g/mol. The van der Waals surface area contributed by atoms with Crippen LogP contribution in [-0.4, -0.2) is 16.2 Å². The van der Waals surface area contributed by atoms with Crippen molar-refractivity contribution in [3.05, 3.63) is 52.3 Å². The molecule has 0 spiro atoms. The largest absolute Gasteiger partial charge is 0.228 e. The van der Waals surface area contributed by atoms with E-state index >= 15 is 0 Å². The van der Waals surface area contributed by atoms with E-state index in [1.54, 1.807) is 0 Å². The van der Waals surface area contributed by atoms with Crippen molar-refractivity contribution < 1.29 is 0 Å². The lowest BCUT2D eigenvalue weighted by Gasteiger charge is -2.08. The Morgan fingerprint density at radius 3 is 2.47 bits per heavy atom. The summed E-state index contributed by atoms with van der Waals surface area (Å²) in [7, 11) is 0. The van der Waals surface area contributed by atoms with Crippen LogP contribution >= 0.6 is 23.4 Å². The van der Waals surface area contributed by atoms with Crippen LogP contribution in [0, 0.1) is 6.92 Å². The van der Waals surface area contributed by atoms with Crippen LogP contribution < -0.4 is 0 Å². The molecule has 0 atom stereocenters. The highest BCUT2D eigenvalue weighted by molar-refractivity contribution is 7.98. The number of nitrogens with zero attached hydrogens (tertiary/aromatic N) is 2. The fourth-order valence-electron chi connectivity index (χ4n) is 1.63. The summed E-state index contributed by atoms with van der Waals surface area (Å²) in [4.78, 5) is 8.68. The minimum Gasteiger partial charge on any atom is -0.228 e. The third kappa shape index (κ3) is 2.99. The Labute approximate surface area is 110 Å². The number of aryl methyl sites for hydroxylation is 1. The normalized spacial score (nSPS) is 10.5. The molecule has 1 aromatic carbocycles. The molecule has 0 bridgehead atoms. The van der Waals surface area contributed by atoms with Crippen molar-refractivity contribution in [3.8, 4) is 0 Å². The molecule has 0 amide bonds. The van der Waals surface area contributed by atoms with E-state index < -0.39 is 0 Å². The second-order valence-electron chi connectivity index (χ2n) is 3.73. The number of rotatable bonds is 3. The number of benzene rings is 1. The Balaban J connectivity index is 2.33. The molecular formula is C13H13ClN2S. The molecule has 1 heterocycles. The van der Waals surface area contributed by atoms with Crippen LogP contribution in [0.1, 0.15) is 16.8 Å². The minimum absolute atomic E-state index is 0.561. The van der Waals surface area contributed by atoms with Crippen molar-refractivity contribution in [2.75, 3.05) is 6.26 Å². The van der Waals surface area contributed by atoms with Crippen molar-refractivity contribution in [2.24, 2.45) is 0 Å². The van der Waals surface area contributed by atoms with Gasteiger partial charge in [0.15, 0.2) is 5.16 Å². The molecule has 0 fully saturated rings. The summed E-state index contributed by atoms with van der Waals surface area (Å²) in [5, 5.41) is 1.29. The highest BCUT2D eigenvalue weighted by Crippen LogP contribution is 2.22. The van der Waals surface area contributed by atoms with E-state index in [1.165, 1.54) is 17.3 Å². The topological polar surface area (TPSA) is 25.8 Å². The van der Waals surface area contributed by atoms with Gasteiger partial charge in [0.25, 0.3) is 0 Å². The Morgan fingerprint density at radius 1 is 1.18 bits per heavy atom. The number of hydrogen-bond acceptors (Lipinski definition) is 3. The van der Waals surface area contributed by atoms with Gasteiger partial charge in [0, 0.05) is 17.7 Å². The smallest absolute Gasteiger partial charge is 0.188 e. The highest BCUT2D eigenvalue weighted by Gasteiger charge is 2.10. The first-order chi connectivity index (χ1) is 8.20. The molecule has 0 aliphatic carbocycles. The molecule has 0 N–H and O–H groups in total. The van der Waals surface area contributed by atoms with Crippen LogP contribution in [0.25, 0.3) is 0 Å². The van der Waals surface area contributed by atoms with Crippen molar-refractivity contribution >= 4 is 23.4 Å². The Morgan fingerprint density at radius 2 is 1.88 bits per heavy atom. The highest BCUT2D eigenvalue weighted by atomic mass is 35.5. The zero-order valence-corrected chi connectivity index (χ0v) is 11.3. The van der Waals surface area contributed by atoms with Crippen LogP contribution in [0.2, 0.25) is 5.15 Å². The zero-order chi connectivity index (χ0) is 12.3. The third-order valence-corrected chi connectivity index (χ3v) is 3.41. The Hall–Kier alpha value is -1.06. The van der Waals surface area contributed by atoms with Gasteiger partial charge in [-0.2, -0.15) is 0 Å². The lowest BCUT2D eigenvalue weighted by molar-refractivity contribution is 0.899. The van der Waals surface area contributed by atoms with Crippen LogP contribution in [0.15, 0.2) is 35.5 Å². The van der Waals surface area contributed by atoms with Gasteiger partial charge in [0.05, 0.1) is 0 Å². The molecule has 0 aliphatic rings. The van der Waals surface area contributed by atoms with E-state index in [1.807, 2.05) is 31.4 Å². The van der Waals surface area contributed by atoms with Gasteiger partial charge in [-0.3, -0.25) is 0 Å². The summed E-state index contributed by atoms with van der Waals surface area (Å²) < 4.78 is 0. The SMILES string of the molecule is CSc1nc(C)c(Cc2ccccc2)c(Cl)n1. The van der Waals surface area contributed by atoms with E-state index in [0.717, 1.165) is 22.8 Å². The number of halogens is 1. The van der Waals surface area contributed by atoms with Gasteiger partial charge in [-0.05, 0) is 18.7 Å². The number of aromatic nitrogens is 2. The maximum Gasteiger partial charge on any atom is 0.188 e. The van der Waals surface area contributed by atoms with Gasteiger partial charge in [-0.15, -0.1) is 0 Å². The van der Waals surface area contributed by atoms with E-state index in [-0.39, 0.29) is 0 Å². The predicted molar refractivity (Wildman–Crippen MR) is 72.8 cm³/mol. The summed E-state index contributed by atoms with van der Waals surface area (Å²) in [5.74, 6) is 0. The molecule has 2 aromatic rings. The summed E-state index contributed by atoms with van der Waals surface area (Å²) in [6, 6.07) is 10.2. The van der Waals surface area contributed by atoms with E-state index in [2.05, 4.69) is 22.1 Å². The summed E-state index contributed by atoms with van der Waals surface area (Å²) >= 11 is 7.70. The fourth-order valence-corrected chi connectivity index (χ4v) is 2.37. The molecule has 0 saturated heterocycles. The molecule has 0 radical (unpaired) electrons. The first-order valence-electron chi connectivity index (χ1n) is 5.31. The number of thioether (sulfide) groups is 1. The maximum absolute atomic E-state index is 6.20. The molecule has 1 aromatic heterocycles. The molecule has 0 saturated carbocycles. The maximum atomic E-state index is 6.20. The molecule has 2 nitrogen and oxygen atoms in total. The van der Waals surface area contributed by atoms with Gasteiger partial charge >= 0.3 is 0 Å². The summed E-state index contributed by atoms with van der Waals surface area (Å²) in [6.07, 6.45) is 2.72. The van der Waals surface area contributed by atoms with E-state index in [0.29, 0.717) is 5.15 Å². The Bertz CT molecular complexity index is 491. The van der Waals surface area contributed by atoms with Gasteiger partial charge in [-0.1, -0.05) is 53.7 Å². The summed E-state index contributed by atoms with van der Waals surface area (Å²) in [6.45, 7) is 1.98. The molecule has 0 aliphatic heterocycles. The van der Waals surface area contributed by atoms with Crippen molar-refractivity contribution in [2.45, 2.75) is 18.5 Å². The van der Waals surface area contributed by atoms with Gasteiger partial charge in [0.2, 0.25) is 0 Å². The quantitative estimate of drug-likeness (QED) is 0.480. The van der Waals surface area contributed by atoms with E-state index in [9.17, 15) is 0 Å². The zero-order valence-electron chi connectivity index (χ0n) is 9.77. The molecule has 4 heteroatoms. The van der Waals surface area contributed by atoms with Crippen molar-refractivity contribution in [1.82, 2.24) is 9.97 Å². The van der Waals surface area contributed by atoms with Gasteiger partial charge in [0.1, 0.15) is 5.15 Å². The molecule has 88 valence electrons. The molecular weight excluding hydrogens is 252 g/mol. The summed E-state index contributed by atoms with van der Waals surface area (Å²) in [5.41, 5.74) is 3.19. The van der Waals surface area contributed by atoms with Gasteiger partial charge < -0.3 is 0 Å². The number of hydrogen-bond donors (Lipinski definition) is 0. The lowest BCUT2D eigenvalue weighted by atomic mass is 10.1. The first kappa shape index (κ1) is 12.4. The van der Waals surface area contributed by atoms with Crippen LogP contribution in [0.5, 0.6) is 0 Å². The van der Waals surface area contributed by atoms with E-state index in [4.69, 9.17) is 11.6 Å². The molecule has 17 heavy (non-hydrogen) atoms. The fraction of sp³-hybridized carbons (Fsp3) is 0.231. The lowest BCUT2D eigenvalue weighted by Crippen LogP contribution is -2.00. The van der Waals surface area contributed by atoms with Gasteiger partial charge in [-0.25, -0.2) is 9.97 Å². The molecule has 2 rings (SSSR count). The molecule has 0 unspecified atom stereocenters. The average Bonchev–Trinajstić information content (AvgIpc) is 2.35. The van der Waals surface area contributed by atoms with Crippen LogP contribution in [0.3, 0.4) is 0 Å². The Kier molecular flexibility index (Phi) is 4.02. The predicted octanol–water partition coefficient (Wildman–Crippen LogP) is 3.75. The second kappa shape index (κ2) is 5.52. The van der Waals surface area contributed by atoms with Crippen molar-refractivity contribution in [3.63, 3.8) is 0 Å².